The number of hydrogen-bond acceptors (Lipinski definition) is 11. The number of carbonyl (C=O) groups excluding carboxylic acids is 3. The van der Waals surface area contributed by atoms with Crippen LogP contribution in [0.1, 0.15) is 50.6 Å². The molecule has 0 aliphatic carbocycles. The van der Waals surface area contributed by atoms with E-state index in [4.69, 9.17) is 23.7 Å². The molecule has 0 saturated carbocycles. The number of amides is 1. The molecule has 1 fully saturated rings. The van der Waals surface area contributed by atoms with E-state index < -0.39 is 29.5 Å². The van der Waals surface area contributed by atoms with Crippen LogP contribution in [0.5, 0.6) is 23.0 Å². The minimum Gasteiger partial charge on any atom is -0.507 e. The monoisotopic (exact) mass is 658 g/mol. The number of nitrogens with zero attached hydrogens (tertiary/aromatic N) is 2. The molecule has 0 bridgehead atoms. The number of aromatic nitrogens is 1. The molecule has 1 saturated heterocycles. The fraction of sp³-hybridized carbons (Fsp3) is 0.257. The number of ketones is 1. The first-order chi connectivity index (χ1) is 22.6. The summed E-state index contributed by atoms with van der Waals surface area (Å²) < 4.78 is 27.7. The molecular weight excluding hydrogens is 624 g/mol. The van der Waals surface area contributed by atoms with E-state index in [0.717, 1.165) is 16.9 Å². The highest BCUT2D eigenvalue weighted by atomic mass is 32.1. The van der Waals surface area contributed by atoms with Crippen LogP contribution in [-0.2, 0) is 20.9 Å². The van der Waals surface area contributed by atoms with Gasteiger partial charge in [0.25, 0.3) is 5.78 Å². The van der Waals surface area contributed by atoms with Crippen molar-refractivity contribution in [2.24, 2.45) is 0 Å². The van der Waals surface area contributed by atoms with E-state index in [-0.39, 0.29) is 33.7 Å². The lowest BCUT2D eigenvalue weighted by atomic mass is 9.93. The van der Waals surface area contributed by atoms with Gasteiger partial charge >= 0.3 is 11.9 Å². The Labute approximate surface area is 275 Å². The van der Waals surface area contributed by atoms with E-state index in [1.54, 1.807) is 51.1 Å². The maximum Gasteiger partial charge on any atom is 0.350 e. The lowest BCUT2D eigenvalue weighted by molar-refractivity contribution is -0.132. The second-order valence-corrected chi connectivity index (χ2v) is 11.5. The number of aliphatic hydroxyl groups excluding tert-OH is 1. The van der Waals surface area contributed by atoms with E-state index in [9.17, 15) is 19.5 Å². The maximum atomic E-state index is 13.8. The first-order valence-corrected chi connectivity index (χ1v) is 15.5. The number of rotatable bonds is 11. The van der Waals surface area contributed by atoms with Crippen molar-refractivity contribution in [2.45, 2.75) is 33.4 Å². The number of hydrogen-bond donors (Lipinski definition) is 1. The molecular formula is C35H34N2O9S. The van der Waals surface area contributed by atoms with Crippen LogP contribution in [0.4, 0.5) is 5.13 Å². The summed E-state index contributed by atoms with van der Waals surface area (Å²) in [6, 6.07) is 16.8. The minimum atomic E-state index is -1.18. The average molecular weight is 659 g/mol. The molecule has 2 heterocycles. The molecule has 244 valence electrons. The van der Waals surface area contributed by atoms with Gasteiger partial charge in [0, 0.05) is 5.56 Å². The van der Waals surface area contributed by atoms with E-state index in [1.807, 2.05) is 30.3 Å². The summed E-state index contributed by atoms with van der Waals surface area (Å²) in [7, 11) is 4.34. The minimum absolute atomic E-state index is 0.0758. The van der Waals surface area contributed by atoms with Gasteiger partial charge in [-0.3, -0.25) is 14.5 Å². The van der Waals surface area contributed by atoms with Crippen molar-refractivity contribution in [3.63, 3.8) is 0 Å². The van der Waals surface area contributed by atoms with Gasteiger partial charge < -0.3 is 28.8 Å². The molecule has 12 heteroatoms. The van der Waals surface area contributed by atoms with Crippen LogP contribution in [0.2, 0.25) is 0 Å². The van der Waals surface area contributed by atoms with Crippen molar-refractivity contribution in [3.8, 4) is 23.0 Å². The summed E-state index contributed by atoms with van der Waals surface area (Å²) in [5, 5.41) is 11.9. The third-order valence-electron chi connectivity index (χ3n) is 7.60. The topological polar surface area (TPSA) is 134 Å². The average Bonchev–Trinajstić information content (AvgIpc) is 3.59. The second-order valence-electron chi connectivity index (χ2n) is 10.5. The van der Waals surface area contributed by atoms with Crippen LogP contribution in [0.25, 0.3) is 5.76 Å². The molecule has 4 aromatic rings. The molecule has 0 spiro atoms. The summed E-state index contributed by atoms with van der Waals surface area (Å²) in [5.74, 6) is -1.46. The van der Waals surface area contributed by atoms with Crippen LogP contribution < -0.4 is 23.8 Å². The van der Waals surface area contributed by atoms with Gasteiger partial charge in [0.05, 0.1) is 45.2 Å². The number of ether oxygens (including phenoxy) is 5. The highest BCUT2D eigenvalue weighted by Gasteiger charge is 2.49. The number of aliphatic hydroxyl groups is 1. The fourth-order valence-corrected chi connectivity index (χ4v) is 6.34. The molecule has 0 radical (unpaired) electrons. The molecule has 47 heavy (non-hydrogen) atoms. The zero-order chi connectivity index (χ0) is 33.8. The van der Waals surface area contributed by atoms with Gasteiger partial charge in [0.1, 0.15) is 23.0 Å². The van der Waals surface area contributed by atoms with Crippen LogP contribution in [0.15, 0.2) is 66.2 Å². The van der Waals surface area contributed by atoms with Crippen molar-refractivity contribution >= 4 is 39.9 Å². The van der Waals surface area contributed by atoms with Gasteiger partial charge in [0.15, 0.2) is 16.6 Å². The number of carbonyl (C=O) groups is 3. The predicted molar refractivity (Wildman–Crippen MR) is 176 cm³/mol. The number of Topliss-reactive ketones (excluding diaryl/α,β-unsaturated/α-hetero) is 1. The van der Waals surface area contributed by atoms with Crippen molar-refractivity contribution < 1.29 is 43.2 Å². The lowest BCUT2D eigenvalue weighted by Gasteiger charge is -2.25. The summed E-state index contributed by atoms with van der Waals surface area (Å²) in [5.41, 5.74) is 2.44. The smallest absolute Gasteiger partial charge is 0.350 e. The third-order valence-corrected chi connectivity index (χ3v) is 8.74. The number of thiazole rings is 1. The van der Waals surface area contributed by atoms with Crippen molar-refractivity contribution in [2.75, 3.05) is 32.8 Å². The number of anilines is 1. The molecule has 1 aliphatic heterocycles. The van der Waals surface area contributed by atoms with Crippen LogP contribution in [0, 0.1) is 13.8 Å². The Kier molecular flexibility index (Phi) is 9.80. The van der Waals surface area contributed by atoms with Gasteiger partial charge in [-0.2, -0.15) is 0 Å². The maximum absolute atomic E-state index is 13.8. The molecule has 1 aliphatic rings. The molecule has 1 aromatic heterocycles. The van der Waals surface area contributed by atoms with Gasteiger partial charge in [-0.05, 0) is 67.8 Å². The Hall–Kier alpha value is -5.36. The lowest BCUT2D eigenvalue weighted by Crippen LogP contribution is -2.29. The summed E-state index contributed by atoms with van der Waals surface area (Å²) >= 11 is 0.914. The fourth-order valence-electron chi connectivity index (χ4n) is 5.35. The van der Waals surface area contributed by atoms with E-state index in [1.165, 1.54) is 26.2 Å². The highest BCUT2D eigenvalue weighted by molar-refractivity contribution is 7.17. The molecule has 1 N–H and O–H groups in total. The molecule has 5 rings (SSSR count). The highest BCUT2D eigenvalue weighted by Crippen LogP contribution is 2.48. The van der Waals surface area contributed by atoms with E-state index in [2.05, 4.69) is 4.98 Å². The third kappa shape index (κ3) is 6.36. The van der Waals surface area contributed by atoms with Crippen LogP contribution >= 0.6 is 11.3 Å². The SMILES string of the molecule is CCOC(=O)c1sc(N2C(=O)C(=O)/C(=C(/O)c3ccc(OCc4ccccc4)cc3C)[C@H]2c2cc(OC)c(OC)c(OC)c2)nc1C. The zero-order valence-corrected chi connectivity index (χ0v) is 27.6. The number of aryl methyl sites for hydroxylation is 2. The normalized spacial score (nSPS) is 15.4. The summed E-state index contributed by atoms with van der Waals surface area (Å²) in [6.45, 7) is 5.56. The summed E-state index contributed by atoms with van der Waals surface area (Å²) in [4.78, 5) is 46.2. The van der Waals surface area contributed by atoms with Gasteiger partial charge in [-0.25, -0.2) is 9.78 Å². The zero-order valence-electron chi connectivity index (χ0n) is 26.8. The predicted octanol–water partition coefficient (Wildman–Crippen LogP) is 6.17. The van der Waals surface area contributed by atoms with Crippen molar-refractivity contribution in [1.82, 2.24) is 4.98 Å². The quantitative estimate of drug-likeness (QED) is 0.0864. The van der Waals surface area contributed by atoms with Gasteiger partial charge in [-0.15, -0.1) is 0 Å². The number of benzene rings is 3. The van der Waals surface area contributed by atoms with Crippen LogP contribution in [-0.4, -0.2) is 55.7 Å². The molecule has 11 nitrogen and oxygen atoms in total. The molecule has 1 atom stereocenters. The number of esters is 1. The Morgan fingerprint density at radius 3 is 2.23 bits per heavy atom. The van der Waals surface area contributed by atoms with Gasteiger partial charge in [0.2, 0.25) is 5.75 Å². The van der Waals surface area contributed by atoms with Crippen LogP contribution in [0.3, 0.4) is 0 Å². The molecule has 3 aromatic carbocycles. The Bertz CT molecular complexity index is 1840. The first-order valence-electron chi connectivity index (χ1n) is 14.7. The Morgan fingerprint density at radius 2 is 1.64 bits per heavy atom. The van der Waals surface area contributed by atoms with Crippen molar-refractivity contribution in [3.05, 3.63) is 99.1 Å². The van der Waals surface area contributed by atoms with Crippen molar-refractivity contribution in [1.29, 1.82) is 0 Å². The van der Waals surface area contributed by atoms with E-state index in [0.29, 0.717) is 40.5 Å². The number of methoxy groups -OCH3 is 3. The molecule has 0 unspecified atom stereocenters. The molecule has 1 amide bonds. The van der Waals surface area contributed by atoms with Gasteiger partial charge in [-0.1, -0.05) is 41.7 Å². The summed E-state index contributed by atoms with van der Waals surface area (Å²) in [6.07, 6.45) is 0. The standard InChI is InChI=1S/C35H34N2O9S/c1-7-45-34(41)32-20(3)36-35(47-32)37-28(22-16-25(42-4)31(44-6)26(17-22)43-5)27(30(39)33(37)40)29(38)24-14-13-23(15-19(24)2)46-18-21-11-9-8-10-12-21/h8-17,28,38H,7,18H2,1-6H3/b29-27+/t28-/m1/s1. The Balaban J connectivity index is 1.65. The van der Waals surface area contributed by atoms with E-state index >= 15 is 0 Å². The second kappa shape index (κ2) is 14.0. The largest absolute Gasteiger partial charge is 0.507 e. The first kappa shape index (κ1) is 33.0. The Morgan fingerprint density at radius 1 is 0.957 bits per heavy atom.